The van der Waals surface area contributed by atoms with Crippen molar-refractivity contribution < 1.29 is 0 Å². The van der Waals surface area contributed by atoms with Gasteiger partial charge in [0.05, 0.1) is 0 Å². The summed E-state index contributed by atoms with van der Waals surface area (Å²) in [5.74, 6) is 0. The summed E-state index contributed by atoms with van der Waals surface area (Å²) in [4.78, 5) is 0. The number of allylic oxidation sites excluding steroid dienone is 11. The highest BCUT2D eigenvalue weighted by atomic mass is 13.7. The van der Waals surface area contributed by atoms with E-state index in [2.05, 4.69) is 13.0 Å². The van der Waals surface area contributed by atoms with E-state index in [4.69, 9.17) is 6.58 Å². The fourth-order valence-electron chi connectivity index (χ4n) is 0.728. The Morgan fingerprint density at radius 1 is 0.714 bits per heavy atom. The quantitative estimate of drug-likeness (QED) is 0.545. The Morgan fingerprint density at radius 3 is 1.57 bits per heavy atom. The van der Waals surface area contributed by atoms with Gasteiger partial charge in [-0.25, -0.2) is 0 Å². The lowest BCUT2D eigenvalue weighted by atomic mass is 10.3. The van der Waals surface area contributed by atoms with E-state index in [1.54, 1.807) is 6.08 Å². The molecule has 0 aromatic carbocycles. The van der Waals surface area contributed by atoms with Crippen LogP contribution in [0.4, 0.5) is 0 Å². The van der Waals surface area contributed by atoms with Gasteiger partial charge in [-0.2, -0.15) is 0 Å². The van der Waals surface area contributed by atoms with Crippen molar-refractivity contribution in [3.63, 3.8) is 0 Å². The number of hydrogen-bond acceptors (Lipinski definition) is 0. The first-order valence-electron chi connectivity index (χ1n) is 4.78. The van der Waals surface area contributed by atoms with E-state index in [0.717, 1.165) is 6.42 Å². The van der Waals surface area contributed by atoms with Crippen LogP contribution in [0.15, 0.2) is 66.8 Å². The van der Waals surface area contributed by atoms with Crippen LogP contribution in [0, 0.1) is 6.58 Å². The Kier molecular flexibility index (Phi) is 10.2. The molecule has 0 nitrogen and oxygen atoms in total. The lowest BCUT2D eigenvalue weighted by molar-refractivity contribution is 1.22. The van der Waals surface area contributed by atoms with Crippen molar-refractivity contribution in [1.82, 2.24) is 0 Å². The molecule has 0 aromatic rings. The van der Waals surface area contributed by atoms with Crippen LogP contribution in [-0.4, -0.2) is 0 Å². The molecule has 1 radical (unpaired) electrons. The zero-order valence-corrected chi connectivity index (χ0v) is 8.64. The molecule has 0 rings (SSSR count). The summed E-state index contributed by atoms with van der Waals surface area (Å²) in [6.07, 6.45) is 22.2. The predicted molar refractivity (Wildman–Crippen MR) is 64.9 cm³/mol. The molecule has 0 heteroatoms. The highest BCUT2D eigenvalue weighted by Crippen LogP contribution is 1.85. The predicted octanol–water partition coefficient (Wildman–Crippen LogP) is 4.17. The first-order chi connectivity index (χ1) is 6.91. The molecule has 14 heavy (non-hydrogen) atoms. The second-order valence-electron chi connectivity index (χ2n) is 2.57. The van der Waals surface area contributed by atoms with Crippen molar-refractivity contribution in [2.45, 2.75) is 13.3 Å². The summed E-state index contributed by atoms with van der Waals surface area (Å²) in [6, 6.07) is 0. The molecule has 0 spiro atoms. The molecule has 0 heterocycles. The van der Waals surface area contributed by atoms with Gasteiger partial charge < -0.3 is 0 Å². The van der Waals surface area contributed by atoms with Crippen LogP contribution in [0.5, 0.6) is 0 Å². The Morgan fingerprint density at radius 2 is 1.14 bits per heavy atom. The molecule has 0 saturated heterocycles. The molecule has 73 valence electrons. The molecule has 0 N–H and O–H groups in total. The Balaban J connectivity index is 3.67. The molecular formula is C14H17. The minimum Gasteiger partial charge on any atom is -0.0848 e. The highest BCUT2D eigenvalue weighted by molar-refractivity contribution is 5.18. The van der Waals surface area contributed by atoms with E-state index in [1.165, 1.54) is 6.08 Å². The lowest BCUT2D eigenvalue weighted by Crippen LogP contribution is -1.53. The molecule has 0 aliphatic carbocycles. The van der Waals surface area contributed by atoms with Crippen LogP contribution in [0.1, 0.15) is 13.3 Å². The molecule has 0 aliphatic rings. The summed E-state index contributed by atoms with van der Waals surface area (Å²) in [5.41, 5.74) is 0. The average molecular weight is 185 g/mol. The molecule has 0 atom stereocenters. The smallest absolute Gasteiger partial charge is 0.0376 e. The van der Waals surface area contributed by atoms with Gasteiger partial charge in [-0.3, -0.25) is 0 Å². The van der Waals surface area contributed by atoms with Crippen LogP contribution in [0.25, 0.3) is 0 Å². The summed E-state index contributed by atoms with van der Waals surface area (Å²) >= 11 is 0. The third-order valence-corrected chi connectivity index (χ3v) is 1.37. The van der Waals surface area contributed by atoms with E-state index in [9.17, 15) is 0 Å². The van der Waals surface area contributed by atoms with Crippen LogP contribution in [-0.2, 0) is 0 Å². The van der Waals surface area contributed by atoms with Gasteiger partial charge in [0.2, 0.25) is 0 Å². The van der Waals surface area contributed by atoms with Gasteiger partial charge in [-0.05, 0) is 6.42 Å². The van der Waals surface area contributed by atoms with Crippen molar-refractivity contribution in [3.05, 3.63) is 73.4 Å². The Labute approximate surface area is 87.3 Å². The largest absolute Gasteiger partial charge is 0.0848 e. The third-order valence-electron chi connectivity index (χ3n) is 1.37. The second kappa shape index (κ2) is 11.4. The zero-order chi connectivity index (χ0) is 10.5. The Bertz CT molecular complexity index is 260. The van der Waals surface area contributed by atoms with Gasteiger partial charge in [0, 0.05) is 0 Å². The molecule has 0 aliphatic heterocycles. The van der Waals surface area contributed by atoms with Crippen LogP contribution < -0.4 is 0 Å². The number of rotatable bonds is 6. The molecule has 0 bridgehead atoms. The first-order valence-corrected chi connectivity index (χ1v) is 4.78. The summed E-state index contributed by atoms with van der Waals surface area (Å²) < 4.78 is 0. The average Bonchev–Trinajstić information content (AvgIpc) is 2.21. The standard InChI is InChI=1S/C14H17/c1-3-5-7-9-11-13-14-12-10-8-6-4-2/h1,3,5-14H,4H2,2H3. The lowest BCUT2D eigenvalue weighted by Gasteiger charge is -1.75. The van der Waals surface area contributed by atoms with Gasteiger partial charge in [0.1, 0.15) is 0 Å². The van der Waals surface area contributed by atoms with E-state index < -0.39 is 0 Å². The second-order valence-corrected chi connectivity index (χ2v) is 2.57. The Hall–Kier alpha value is -1.56. The fraction of sp³-hybridized carbons (Fsp3) is 0.143. The molecule has 0 saturated carbocycles. The maximum Gasteiger partial charge on any atom is -0.0376 e. The van der Waals surface area contributed by atoms with Crippen molar-refractivity contribution >= 4 is 0 Å². The van der Waals surface area contributed by atoms with Crippen molar-refractivity contribution in [1.29, 1.82) is 0 Å². The van der Waals surface area contributed by atoms with E-state index in [0.29, 0.717) is 0 Å². The van der Waals surface area contributed by atoms with Crippen molar-refractivity contribution in [2.24, 2.45) is 0 Å². The number of hydrogen-bond donors (Lipinski definition) is 0. The van der Waals surface area contributed by atoms with Gasteiger partial charge >= 0.3 is 0 Å². The first kappa shape index (κ1) is 12.4. The maximum atomic E-state index is 5.15. The minimum absolute atomic E-state index is 1.08. The zero-order valence-electron chi connectivity index (χ0n) is 8.64. The van der Waals surface area contributed by atoms with E-state index >= 15 is 0 Å². The molecular weight excluding hydrogens is 168 g/mol. The fourth-order valence-corrected chi connectivity index (χ4v) is 0.728. The van der Waals surface area contributed by atoms with Gasteiger partial charge in [-0.1, -0.05) is 80.3 Å². The summed E-state index contributed by atoms with van der Waals surface area (Å²) in [5, 5.41) is 0. The normalized spacial score (nSPS) is 13.2. The van der Waals surface area contributed by atoms with Gasteiger partial charge in [0.15, 0.2) is 0 Å². The molecule has 0 amide bonds. The summed E-state index contributed by atoms with van der Waals surface area (Å²) in [7, 11) is 0. The monoisotopic (exact) mass is 185 g/mol. The van der Waals surface area contributed by atoms with Crippen LogP contribution in [0.2, 0.25) is 0 Å². The highest BCUT2D eigenvalue weighted by Gasteiger charge is 1.63. The summed E-state index contributed by atoms with van der Waals surface area (Å²) in [6.45, 7) is 7.27. The third kappa shape index (κ3) is 10.4. The van der Waals surface area contributed by atoms with E-state index in [1.807, 2.05) is 48.6 Å². The van der Waals surface area contributed by atoms with Crippen LogP contribution in [0.3, 0.4) is 0 Å². The SMILES string of the molecule is [CH]=CC=CC=CC=CC=CC=CCC. The minimum atomic E-state index is 1.08. The molecule has 0 unspecified atom stereocenters. The maximum absolute atomic E-state index is 5.15. The van der Waals surface area contributed by atoms with E-state index in [-0.39, 0.29) is 0 Å². The van der Waals surface area contributed by atoms with Gasteiger partial charge in [0.25, 0.3) is 0 Å². The van der Waals surface area contributed by atoms with Gasteiger partial charge in [-0.15, -0.1) is 0 Å². The molecule has 0 fully saturated rings. The molecule has 0 aromatic heterocycles. The van der Waals surface area contributed by atoms with Crippen molar-refractivity contribution in [3.8, 4) is 0 Å². The topological polar surface area (TPSA) is 0 Å². The van der Waals surface area contributed by atoms with Crippen LogP contribution >= 0.6 is 0 Å². The van der Waals surface area contributed by atoms with Crippen molar-refractivity contribution in [2.75, 3.05) is 0 Å².